The van der Waals surface area contributed by atoms with Crippen LogP contribution in [-0.2, 0) is 0 Å². The summed E-state index contributed by atoms with van der Waals surface area (Å²) >= 11 is 0. The molecule has 0 aliphatic heterocycles. The van der Waals surface area contributed by atoms with Crippen LogP contribution in [-0.4, -0.2) is 31.3 Å². The Balaban J connectivity index is 2.33. The highest BCUT2D eigenvalue weighted by atomic mass is 19.4. The van der Waals surface area contributed by atoms with Crippen LogP contribution in [0, 0.1) is 0 Å². The number of aromatic amines is 1. The van der Waals surface area contributed by atoms with Crippen LogP contribution in [0.4, 0.5) is 19.0 Å². The standard InChI is InChI=1S/C13H11F3N6/c1-6(13(14,15)16)9-8(12-18-3-2-4-19-12)10-7(5-20-9)11(17)22-21-10/h2-6H,1H3,(H3,17,21,22). The van der Waals surface area contributed by atoms with Gasteiger partial charge in [0.25, 0.3) is 0 Å². The van der Waals surface area contributed by atoms with Crippen molar-refractivity contribution in [3.8, 4) is 11.4 Å². The minimum Gasteiger partial charge on any atom is -0.382 e. The maximum Gasteiger partial charge on any atom is 0.397 e. The predicted octanol–water partition coefficient (Wildman–Crippen LogP) is 2.66. The van der Waals surface area contributed by atoms with E-state index in [0.29, 0.717) is 10.9 Å². The average molecular weight is 308 g/mol. The van der Waals surface area contributed by atoms with Crippen molar-refractivity contribution >= 4 is 16.7 Å². The predicted molar refractivity (Wildman–Crippen MR) is 73.8 cm³/mol. The van der Waals surface area contributed by atoms with E-state index in [9.17, 15) is 13.2 Å². The molecule has 1 atom stereocenters. The highest BCUT2D eigenvalue weighted by Crippen LogP contribution is 2.40. The van der Waals surface area contributed by atoms with E-state index in [1.807, 2.05) is 0 Å². The van der Waals surface area contributed by atoms with Gasteiger partial charge in [0.2, 0.25) is 0 Å². The van der Waals surface area contributed by atoms with Gasteiger partial charge in [-0.2, -0.15) is 18.3 Å². The lowest BCUT2D eigenvalue weighted by Crippen LogP contribution is -2.20. The van der Waals surface area contributed by atoms with Gasteiger partial charge in [-0.25, -0.2) is 9.97 Å². The van der Waals surface area contributed by atoms with Gasteiger partial charge < -0.3 is 5.73 Å². The second-order valence-electron chi connectivity index (χ2n) is 4.75. The van der Waals surface area contributed by atoms with Gasteiger partial charge >= 0.3 is 6.18 Å². The molecule has 3 rings (SSSR count). The third kappa shape index (κ3) is 2.24. The van der Waals surface area contributed by atoms with Crippen molar-refractivity contribution in [2.75, 3.05) is 5.73 Å². The summed E-state index contributed by atoms with van der Waals surface area (Å²) in [6, 6.07) is 1.57. The van der Waals surface area contributed by atoms with Gasteiger partial charge in [-0.1, -0.05) is 0 Å². The summed E-state index contributed by atoms with van der Waals surface area (Å²) in [6.45, 7) is 1.04. The summed E-state index contributed by atoms with van der Waals surface area (Å²) in [5.41, 5.74) is 6.02. The number of halogens is 3. The first-order valence-electron chi connectivity index (χ1n) is 6.36. The van der Waals surface area contributed by atoms with Crippen molar-refractivity contribution < 1.29 is 13.2 Å². The number of hydrogen-bond donors (Lipinski definition) is 2. The number of nitrogens with two attached hydrogens (primary N) is 1. The van der Waals surface area contributed by atoms with Crippen molar-refractivity contribution in [3.63, 3.8) is 0 Å². The number of pyridine rings is 1. The first-order chi connectivity index (χ1) is 10.4. The zero-order valence-corrected chi connectivity index (χ0v) is 11.4. The SMILES string of the molecule is CC(c1ncc2c(N)n[nH]c2c1-c1ncccn1)C(F)(F)F. The molecule has 9 heteroatoms. The summed E-state index contributed by atoms with van der Waals surface area (Å²) < 4.78 is 39.3. The molecule has 0 aliphatic carbocycles. The maximum atomic E-state index is 13.1. The Morgan fingerprint density at radius 2 is 1.86 bits per heavy atom. The monoisotopic (exact) mass is 308 g/mol. The van der Waals surface area contributed by atoms with Crippen LogP contribution in [0.1, 0.15) is 18.5 Å². The molecule has 0 amide bonds. The number of rotatable bonds is 2. The Kier molecular flexibility index (Phi) is 3.19. The Labute approximate surface area is 122 Å². The van der Waals surface area contributed by atoms with Crippen molar-refractivity contribution in [2.24, 2.45) is 0 Å². The lowest BCUT2D eigenvalue weighted by Gasteiger charge is -2.18. The fourth-order valence-electron chi connectivity index (χ4n) is 2.15. The number of fused-ring (bicyclic) bond motifs is 1. The smallest absolute Gasteiger partial charge is 0.382 e. The molecule has 0 radical (unpaired) electrons. The van der Waals surface area contributed by atoms with Crippen LogP contribution in [0.2, 0.25) is 0 Å². The van der Waals surface area contributed by atoms with Gasteiger partial charge in [0.15, 0.2) is 11.6 Å². The van der Waals surface area contributed by atoms with Gasteiger partial charge in [0.05, 0.1) is 28.1 Å². The van der Waals surface area contributed by atoms with Gasteiger partial charge in [-0.15, -0.1) is 0 Å². The molecule has 6 nitrogen and oxygen atoms in total. The van der Waals surface area contributed by atoms with Gasteiger partial charge in [-0.05, 0) is 13.0 Å². The molecule has 3 heterocycles. The lowest BCUT2D eigenvalue weighted by molar-refractivity contribution is -0.146. The molecule has 0 bridgehead atoms. The number of hydrogen-bond acceptors (Lipinski definition) is 5. The van der Waals surface area contributed by atoms with E-state index in [1.54, 1.807) is 6.07 Å². The van der Waals surface area contributed by atoms with Crippen LogP contribution >= 0.6 is 0 Å². The van der Waals surface area contributed by atoms with Crippen molar-refractivity contribution in [1.29, 1.82) is 0 Å². The molecule has 0 saturated carbocycles. The van der Waals surface area contributed by atoms with E-state index in [4.69, 9.17) is 5.73 Å². The summed E-state index contributed by atoms with van der Waals surface area (Å²) in [7, 11) is 0. The van der Waals surface area contributed by atoms with E-state index >= 15 is 0 Å². The number of alkyl halides is 3. The van der Waals surface area contributed by atoms with Crippen LogP contribution in [0.5, 0.6) is 0 Å². The van der Waals surface area contributed by atoms with Gasteiger partial charge in [0.1, 0.15) is 0 Å². The molecule has 22 heavy (non-hydrogen) atoms. The van der Waals surface area contributed by atoms with Crippen LogP contribution in [0.25, 0.3) is 22.3 Å². The lowest BCUT2D eigenvalue weighted by atomic mass is 9.99. The number of H-pyrrole nitrogens is 1. The topological polar surface area (TPSA) is 93.4 Å². The van der Waals surface area contributed by atoms with Crippen LogP contribution < -0.4 is 5.73 Å². The van der Waals surface area contributed by atoms with E-state index in [0.717, 1.165) is 6.92 Å². The highest BCUT2D eigenvalue weighted by molar-refractivity contribution is 5.98. The van der Waals surface area contributed by atoms with Crippen molar-refractivity contribution in [3.05, 3.63) is 30.4 Å². The minimum atomic E-state index is -4.43. The van der Waals surface area contributed by atoms with Gasteiger partial charge in [0, 0.05) is 18.6 Å². The normalized spacial score (nSPS) is 13.5. The second-order valence-corrected chi connectivity index (χ2v) is 4.75. The first kappa shape index (κ1) is 14.2. The fraction of sp³-hybridized carbons (Fsp3) is 0.231. The molecule has 114 valence electrons. The largest absolute Gasteiger partial charge is 0.397 e. The summed E-state index contributed by atoms with van der Waals surface area (Å²) in [5.74, 6) is -1.48. The van der Waals surface area contributed by atoms with Gasteiger partial charge in [-0.3, -0.25) is 10.1 Å². The first-order valence-corrected chi connectivity index (χ1v) is 6.36. The summed E-state index contributed by atoms with van der Waals surface area (Å²) in [5, 5.41) is 6.89. The minimum absolute atomic E-state index is 0.135. The maximum absolute atomic E-state index is 13.1. The van der Waals surface area contributed by atoms with Crippen LogP contribution in [0.3, 0.4) is 0 Å². The van der Waals surface area contributed by atoms with Crippen molar-refractivity contribution in [1.82, 2.24) is 25.1 Å². The van der Waals surface area contributed by atoms with E-state index in [-0.39, 0.29) is 22.9 Å². The molecule has 0 spiro atoms. The highest BCUT2D eigenvalue weighted by Gasteiger charge is 2.40. The Morgan fingerprint density at radius 3 is 2.50 bits per heavy atom. The number of aromatic nitrogens is 5. The zero-order valence-electron chi connectivity index (χ0n) is 11.4. The molecule has 1 unspecified atom stereocenters. The third-order valence-corrected chi connectivity index (χ3v) is 3.36. The van der Waals surface area contributed by atoms with E-state index in [1.165, 1.54) is 18.6 Å². The number of anilines is 1. The van der Waals surface area contributed by atoms with Crippen LogP contribution in [0.15, 0.2) is 24.7 Å². The fourth-order valence-corrected chi connectivity index (χ4v) is 2.15. The quantitative estimate of drug-likeness (QED) is 0.759. The molecule has 0 fully saturated rings. The number of nitrogens with zero attached hydrogens (tertiary/aromatic N) is 4. The molecule has 3 aromatic heterocycles. The summed E-state index contributed by atoms with van der Waals surface area (Å²) in [4.78, 5) is 12.0. The third-order valence-electron chi connectivity index (χ3n) is 3.36. The van der Waals surface area contributed by atoms with Crippen molar-refractivity contribution in [2.45, 2.75) is 19.0 Å². The molecular formula is C13H11F3N6. The Hall–Kier alpha value is -2.71. The number of nitrogen functional groups attached to an aromatic ring is 1. The molecule has 0 aromatic carbocycles. The molecular weight excluding hydrogens is 297 g/mol. The summed E-state index contributed by atoms with van der Waals surface area (Å²) in [6.07, 6.45) is -0.264. The zero-order chi connectivity index (χ0) is 15.9. The number of nitrogens with one attached hydrogen (secondary N) is 1. The Bertz CT molecular complexity index is 812. The molecule has 0 saturated heterocycles. The Morgan fingerprint density at radius 1 is 1.18 bits per heavy atom. The average Bonchev–Trinajstić information content (AvgIpc) is 2.87. The molecule has 3 aromatic rings. The second kappa shape index (κ2) is 4.93. The van der Waals surface area contributed by atoms with E-state index in [2.05, 4.69) is 25.1 Å². The molecule has 0 aliphatic rings. The van der Waals surface area contributed by atoms with E-state index < -0.39 is 12.1 Å². The molecule has 3 N–H and O–H groups in total.